The lowest BCUT2D eigenvalue weighted by atomic mass is 9.89. The van der Waals surface area contributed by atoms with Gasteiger partial charge in [0, 0.05) is 20.2 Å². The molecule has 0 radical (unpaired) electrons. The van der Waals surface area contributed by atoms with E-state index >= 15 is 0 Å². The quantitative estimate of drug-likeness (QED) is 0.383. The summed E-state index contributed by atoms with van der Waals surface area (Å²) in [4.78, 5) is 27.9. The zero-order chi connectivity index (χ0) is 24.6. The summed E-state index contributed by atoms with van der Waals surface area (Å²) in [5, 5.41) is 33.9. The van der Waals surface area contributed by atoms with Gasteiger partial charge in [-0.15, -0.1) is 0 Å². The fourth-order valence-corrected chi connectivity index (χ4v) is 4.64. The molecule has 33 heavy (non-hydrogen) atoms. The zero-order valence-electron chi connectivity index (χ0n) is 20.7. The number of ether oxygens (including phenoxy) is 1. The minimum Gasteiger partial charge on any atom is -0.387 e. The van der Waals surface area contributed by atoms with E-state index < -0.39 is 36.4 Å². The molecule has 5 atom stereocenters. The molecule has 1 aliphatic carbocycles. The molecule has 1 saturated carbocycles. The van der Waals surface area contributed by atoms with Crippen molar-refractivity contribution in [1.82, 2.24) is 10.2 Å². The van der Waals surface area contributed by atoms with E-state index in [1.165, 1.54) is 32.4 Å². The van der Waals surface area contributed by atoms with E-state index in [9.17, 15) is 24.9 Å². The largest absolute Gasteiger partial charge is 0.387 e. The van der Waals surface area contributed by atoms with E-state index in [0.717, 1.165) is 32.2 Å². The molecule has 190 valence electrons. The number of carbonyl (C=O) groups is 2. The predicted molar refractivity (Wildman–Crippen MR) is 126 cm³/mol. The standard InChI is InChI=1S/C25H44N2O6/c1-25(2,3)14-13-19(28)20(29)21(30)22(33-4)23(31)26-18-12-8-9-15-27(24(18)32)16-17-10-6-5-7-11-17/h13-14,17-22,28-30H,5-12,15-16H2,1-4H3,(H,26,31)/b14-13+/t18-,19-,20+,21-,22-/m1/s1. The molecule has 1 heterocycles. The number of nitrogens with zero attached hydrogens (tertiary/aromatic N) is 1. The van der Waals surface area contributed by atoms with Crippen LogP contribution in [0, 0.1) is 11.3 Å². The Hall–Kier alpha value is -1.48. The summed E-state index contributed by atoms with van der Waals surface area (Å²) in [6.07, 6.45) is 5.26. The van der Waals surface area contributed by atoms with Crippen molar-refractivity contribution in [2.24, 2.45) is 11.3 Å². The number of amides is 2. The molecular weight excluding hydrogens is 424 g/mol. The molecular formula is C25H44N2O6. The molecule has 2 amide bonds. The lowest BCUT2D eigenvalue weighted by molar-refractivity contribution is -0.151. The first-order chi connectivity index (χ1) is 15.5. The maximum atomic E-state index is 13.2. The van der Waals surface area contributed by atoms with Crippen LogP contribution in [0.2, 0.25) is 0 Å². The van der Waals surface area contributed by atoms with Gasteiger partial charge in [0.2, 0.25) is 5.91 Å². The predicted octanol–water partition coefficient (Wildman–Crippen LogP) is 1.76. The van der Waals surface area contributed by atoms with E-state index in [-0.39, 0.29) is 11.3 Å². The number of carbonyl (C=O) groups excluding carboxylic acids is 2. The molecule has 1 saturated heterocycles. The molecule has 2 aliphatic rings. The summed E-state index contributed by atoms with van der Waals surface area (Å²) >= 11 is 0. The second-order valence-electron chi connectivity index (χ2n) is 10.7. The van der Waals surface area contributed by atoms with Crippen LogP contribution in [-0.4, -0.2) is 82.7 Å². The molecule has 0 aromatic rings. The highest BCUT2D eigenvalue weighted by atomic mass is 16.5. The van der Waals surface area contributed by atoms with Gasteiger partial charge in [0.15, 0.2) is 6.10 Å². The van der Waals surface area contributed by atoms with E-state index in [1.807, 2.05) is 25.7 Å². The smallest absolute Gasteiger partial charge is 0.252 e. The molecule has 0 aromatic carbocycles. The van der Waals surface area contributed by atoms with Crippen molar-refractivity contribution in [3.8, 4) is 0 Å². The second kappa shape index (κ2) is 12.8. The van der Waals surface area contributed by atoms with Crippen molar-refractivity contribution in [2.75, 3.05) is 20.2 Å². The number of rotatable bonds is 9. The number of likely N-dealkylation sites (tertiary alicyclic amines) is 1. The number of nitrogens with one attached hydrogen (secondary N) is 1. The van der Waals surface area contributed by atoms with Gasteiger partial charge in [-0.3, -0.25) is 9.59 Å². The highest BCUT2D eigenvalue weighted by Crippen LogP contribution is 2.26. The molecule has 4 N–H and O–H groups in total. The summed E-state index contributed by atoms with van der Waals surface area (Å²) in [7, 11) is 1.25. The Labute approximate surface area is 198 Å². The third-order valence-corrected chi connectivity index (χ3v) is 6.62. The number of aliphatic hydroxyl groups excluding tert-OH is 3. The monoisotopic (exact) mass is 468 g/mol. The van der Waals surface area contributed by atoms with Crippen LogP contribution in [0.4, 0.5) is 0 Å². The minimum absolute atomic E-state index is 0.0931. The van der Waals surface area contributed by atoms with Gasteiger partial charge in [0.05, 0.1) is 0 Å². The van der Waals surface area contributed by atoms with Gasteiger partial charge >= 0.3 is 0 Å². The molecule has 2 rings (SSSR count). The molecule has 2 fully saturated rings. The summed E-state index contributed by atoms with van der Waals surface area (Å²) in [6, 6.07) is -0.684. The highest BCUT2D eigenvalue weighted by molar-refractivity contribution is 5.89. The van der Waals surface area contributed by atoms with Crippen LogP contribution in [-0.2, 0) is 14.3 Å². The van der Waals surface area contributed by atoms with Gasteiger partial charge in [-0.05, 0) is 43.4 Å². The normalized spacial score (nSPS) is 24.9. The van der Waals surface area contributed by atoms with Crippen LogP contribution < -0.4 is 5.32 Å². The molecule has 0 bridgehead atoms. The van der Waals surface area contributed by atoms with Crippen molar-refractivity contribution in [3.05, 3.63) is 12.2 Å². The Morgan fingerprint density at radius 3 is 2.33 bits per heavy atom. The van der Waals surface area contributed by atoms with Crippen molar-refractivity contribution in [3.63, 3.8) is 0 Å². The fourth-order valence-electron chi connectivity index (χ4n) is 4.64. The first-order valence-corrected chi connectivity index (χ1v) is 12.4. The van der Waals surface area contributed by atoms with Gasteiger partial charge in [0.25, 0.3) is 5.91 Å². The van der Waals surface area contributed by atoms with Gasteiger partial charge in [0.1, 0.15) is 24.4 Å². The lowest BCUT2D eigenvalue weighted by Crippen LogP contribution is -2.56. The topological polar surface area (TPSA) is 119 Å². The van der Waals surface area contributed by atoms with Gasteiger partial charge in [-0.2, -0.15) is 0 Å². The van der Waals surface area contributed by atoms with Crippen LogP contribution in [0.5, 0.6) is 0 Å². The molecule has 8 nitrogen and oxygen atoms in total. The third kappa shape index (κ3) is 8.67. The third-order valence-electron chi connectivity index (χ3n) is 6.62. The Morgan fingerprint density at radius 2 is 1.73 bits per heavy atom. The van der Waals surface area contributed by atoms with Gasteiger partial charge in [-0.25, -0.2) is 0 Å². The SMILES string of the molecule is CO[C@@H](C(=O)N[C@@H]1CCCCN(CC2CCCCC2)C1=O)[C@H](O)[C@@H](O)[C@H](O)/C=C/C(C)(C)C. The first-order valence-electron chi connectivity index (χ1n) is 12.4. The molecule has 0 unspecified atom stereocenters. The van der Waals surface area contributed by atoms with Crippen LogP contribution in [0.1, 0.15) is 72.1 Å². The average Bonchev–Trinajstić information content (AvgIpc) is 2.93. The van der Waals surface area contributed by atoms with E-state index in [4.69, 9.17) is 4.74 Å². The Balaban J connectivity index is 2.00. The summed E-state index contributed by atoms with van der Waals surface area (Å²) < 4.78 is 5.16. The van der Waals surface area contributed by atoms with Crippen molar-refractivity contribution in [2.45, 2.75) is 103 Å². The zero-order valence-corrected chi connectivity index (χ0v) is 20.7. The van der Waals surface area contributed by atoms with Crippen molar-refractivity contribution >= 4 is 11.8 Å². The number of hydrogen-bond acceptors (Lipinski definition) is 6. The second-order valence-corrected chi connectivity index (χ2v) is 10.7. The van der Waals surface area contributed by atoms with Crippen molar-refractivity contribution < 1.29 is 29.6 Å². The maximum absolute atomic E-state index is 13.2. The van der Waals surface area contributed by atoms with Crippen LogP contribution >= 0.6 is 0 Å². The van der Waals surface area contributed by atoms with E-state index in [1.54, 1.807) is 6.08 Å². The van der Waals surface area contributed by atoms with Crippen LogP contribution in [0.25, 0.3) is 0 Å². The van der Waals surface area contributed by atoms with Crippen LogP contribution in [0.3, 0.4) is 0 Å². The summed E-state index contributed by atoms with van der Waals surface area (Å²) in [5.74, 6) is -0.248. The van der Waals surface area contributed by atoms with Gasteiger partial charge in [-0.1, -0.05) is 52.2 Å². The fraction of sp³-hybridized carbons (Fsp3) is 0.840. The number of methoxy groups -OCH3 is 1. The molecule has 8 heteroatoms. The number of aliphatic hydroxyl groups is 3. The molecule has 1 aliphatic heterocycles. The minimum atomic E-state index is -1.66. The Kier molecular flexibility index (Phi) is 10.8. The van der Waals surface area contributed by atoms with E-state index in [0.29, 0.717) is 18.9 Å². The lowest BCUT2D eigenvalue weighted by Gasteiger charge is -2.32. The Morgan fingerprint density at radius 1 is 1.09 bits per heavy atom. The van der Waals surface area contributed by atoms with Crippen molar-refractivity contribution in [1.29, 1.82) is 0 Å². The molecule has 0 aromatic heterocycles. The average molecular weight is 469 g/mol. The summed E-state index contributed by atoms with van der Waals surface area (Å²) in [5.41, 5.74) is -0.215. The highest BCUT2D eigenvalue weighted by Gasteiger charge is 2.38. The first kappa shape index (κ1) is 27.8. The Bertz CT molecular complexity index is 656. The van der Waals surface area contributed by atoms with E-state index in [2.05, 4.69) is 5.32 Å². The number of allylic oxidation sites excluding steroid dienone is 1. The van der Waals surface area contributed by atoms with Gasteiger partial charge < -0.3 is 30.3 Å². The maximum Gasteiger partial charge on any atom is 0.252 e. The summed E-state index contributed by atoms with van der Waals surface area (Å²) in [6.45, 7) is 7.23. The van der Waals surface area contributed by atoms with Crippen LogP contribution in [0.15, 0.2) is 12.2 Å². The number of hydrogen-bond donors (Lipinski definition) is 4. The molecule has 0 spiro atoms.